The first-order chi connectivity index (χ1) is 12.0. The molecule has 1 atom stereocenters. The van der Waals surface area contributed by atoms with Crippen LogP contribution in [0.2, 0.25) is 0 Å². The fourth-order valence-corrected chi connectivity index (χ4v) is 3.56. The van der Waals surface area contributed by atoms with Gasteiger partial charge in [0.05, 0.1) is 6.54 Å². The molecule has 0 saturated carbocycles. The SMILES string of the molecule is Cc1ccc(F)c(CN2CCCC(N(C)Cc3noc(C)n3)CC2)c1. The molecule has 1 unspecified atom stereocenters. The summed E-state index contributed by atoms with van der Waals surface area (Å²) in [6, 6.07) is 5.85. The van der Waals surface area contributed by atoms with Gasteiger partial charge in [0.2, 0.25) is 5.89 Å². The molecule has 136 valence electrons. The van der Waals surface area contributed by atoms with Gasteiger partial charge in [0.15, 0.2) is 5.82 Å². The number of hydrogen-bond acceptors (Lipinski definition) is 5. The van der Waals surface area contributed by atoms with Crippen molar-refractivity contribution in [2.75, 3.05) is 20.1 Å². The minimum atomic E-state index is -0.101. The van der Waals surface area contributed by atoms with Crippen LogP contribution in [0.25, 0.3) is 0 Å². The molecule has 3 rings (SSSR count). The third-order valence-corrected chi connectivity index (χ3v) is 4.97. The molecule has 1 aliphatic heterocycles. The smallest absolute Gasteiger partial charge is 0.223 e. The maximum Gasteiger partial charge on any atom is 0.223 e. The molecule has 2 aromatic rings. The monoisotopic (exact) mass is 346 g/mol. The van der Waals surface area contributed by atoms with Crippen molar-refractivity contribution >= 4 is 0 Å². The fraction of sp³-hybridized carbons (Fsp3) is 0.579. The first-order valence-corrected chi connectivity index (χ1v) is 8.98. The molecule has 0 spiro atoms. The average molecular weight is 346 g/mol. The van der Waals surface area contributed by atoms with Gasteiger partial charge in [-0.25, -0.2) is 4.39 Å². The topological polar surface area (TPSA) is 45.4 Å². The van der Waals surface area contributed by atoms with Gasteiger partial charge in [-0.15, -0.1) is 0 Å². The number of hydrogen-bond donors (Lipinski definition) is 0. The highest BCUT2D eigenvalue weighted by molar-refractivity contribution is 5.24. The van der Waals surface area contributed by atoms with E-state index in [0.29, 0.717) is 25.0 Å². The summed E-state index contributed by atoms with van der Waals surface area (Å²) in [7, 11) is 2.12. The third-order valence-electron chi connectivity index (χ3n) is 4.97. The summed E-state index contributed by atoms with van der Waals surface area (Å²) < 4.78 is 19.1. The predicted octanol–water partition coefficient (Wildman–Crippen LogP) is 3.31. The number of likely N-dealkylation sites (tertiary alicyclic amines) is 1. The Balaban J connectivity index is 1.55. The van der Waals surface area contributed by atoms with Crippen molar-refractivity contribution in [1.29, 1.82) is 0 Å². The fourth-order valence-electron chi connectivity index (χ4n) is 3.56. The maximum atomic E-state index is 14.0. The summed E-state index contributed by atoms with van der Waals surface area (Å²) in [6.07, 6.45) is 3.33. The second kappa shape index (κ2) is 8.06. The molecule has 1 saturated heterocycles. The highest BCUT2D eigenvalue weighted by Crippen LogP contribution is 2.20. The van der Waals surface area contributed by atoms with Crippen molar-refractivity contribution in [3.05, 3.63) is 46.9 Å². The van der Waals surface area contributed by atoms with Crippen LogP contribution >= 0.6 is 0 Å². The van der Waals surface area contributed by atoms with E-state index in [2.05, 4.69) is 27.0 Å². The lowest BCUT2D eigenvalue weighted by molar-refractivity contribution is 0.199. The Morgan fingerprint density at radius 3 is 2.88 bits per heavy atom. The number of aryl methyl sites for hydroxylation is 2. The Kier molecular flexibility index (Phi) is 5.81. The van der Waals surface area contributed by atoms with Crippen LogP contribution in [-0.4, -0.2) is 46.1 Å². The van der Waals surface area contributed by atoms with Gasteiger partial charge in [0, 0.05) is 25.1 Å². The van der Waals surface area contributed by atoms with Crippen LogP contribution in [0.4, 0.5) is 4.39 Å². The lowest BCUT2D eigenvalue weighted by atomic mass is 10.1. The zero-order chi connectivity index (χ0) is 17.8. The molecular weight excluding hydrogens is 319 g/mol. The number of benzene rings is 1. The van der Waals surface area contributed by atoms with Crippen molar-refractivity contribution in [1.82, 2.24) is 19.9 Å². The van der Waals surface area contributed by atoms with E-state index in [1.807, 2.05) is 26.0 Å². The van der Waals surface area contributed by atoms with Gasteiger partial charge < -0.3 is 4.52 Å². The first kappa shape index (κ1) is 18.0. The molecule has 0 radical (unpaired) electrons. The number of aromatic nitrogens is 2. The largest absolute Gasteiger partial charge is 0.340 e. The molecule has 1 aromatic carbocycles. The average Bonchev–Trinajstić information content (AvgIpc) is 2.83. The van der Waals surface area contributed by atoms with Gasteiger partial charge in [0.25, 0.3) is 0 Å². The molecule has 25 heavy (non-hydrogen) atoms. The van der Waals surface area contributed by atoms with E-state index in [1.54, 1.807) is 6.07 Å². The second-order valence-corrected chi connectivity index (χ2v) is 7.10. The predicted molar refractivity (Wildman–Crippen MR) is 94.6 cm³/mol. The van der Waals surface area contributed by atoms with Gasteiger partial charge in [-0.2, -0.15) is 4.98 Å². The van der Waals surface area contributed by atoms with Gasteiger partial charge >= 0.3 is 0 Å². The number of nitrogens with zero attached hydrogens (tertiary/aromatic N) is 4. The molecular formula is C19H27FN4O. The summed E-state index contributed by atoms with van der Waals surface area (Å²) >= 11 is 0. The number of halogens is 1. The molecule has 0 amide bonds. The maximum absolute atomic E-state index is 14.0. The highest BCUT2D eigenvalue weighted by atomic mass is 19.1. The minimum absolute atomic E-state index is 0.101. The normalized spacial score (nSPS) is 19.3. The van der Waals surface area contributed by atoms with E-state index in [4.69, 9.17) is 4.52 Å². The molecule has 1 aliphatic rings. The van der Waals surface area contributed by atoms with Crippen molar-refractivity contribution in [2.45, 2.75) is 52.2 Å². The van der Waals surface area contributed by atoms with Gasteiger partial charge in [-0.1, -0.05) is 22.9 Å². The van der Waals surface area contributed by atoms with Crippen molar-refractivity contribution in [3.8, 4) is 0 Å². The zero-order valence-electron chi connectivity index (χ0n) is 15.3. The van der Waals surface area contributed by atoms with Crippen LogP contribution in [0, 0.1) is 19.7 Å². The van der Waals surface area contributed by atoms with E-state index in [1.165, 1.54) is 0 Å². The zero-order valence-corrected chi connectivity index (χ0v) is 15.3. The lowest BCUT2D eigenvalue weighted by Crippen LogP contribution is -2.33. The van der Waals surface area contributed by atoms with Crippen LogP contribution in [0.3, 0.4) is 0 Å². The van der Waals surface area contributed by atoms with Gasteiger partial charge in [-0.3, -0.25) is 9.80 Å². The molecule has 0 aliphatic carbocycles. The van der Waals surface area contributed by atoms with E-state index in [9.17, 15) is 4.39 Å². The quantitative estimate of drug-likeness (QED) is 0.831. The second-order valence-electron chi connectivity index (χ2n) is 7.10. The van der Waals surface area contributed by atoms with Crippen LogP contribution < -0.4 is 0 Å². The highest BCUT2D eigenvalue weighted by Gasteiger charge is 2.22. The standard InChI is InChI=1S/C19H27FN4O/c1-14-6-7-18(20)16(11-14)12-24-9-4-5-17(8-10-24)23(3)13-19-21-15(2)25-22-19/h6-7,11,17H,4-5,8-10,12-13H2,1-3H3. The minimum Gasteiger partial charge on any atom is -0.340 e. The molecule has 5 nitrogen and oxygen atoms in total. The van der Waals surface area contributed by atoms with E-state index >= 15 is 0 Å². The first-order valence-electron chi connectivity index (χ1n) is 8.98. The van der Waals surface area contributed by atoms with Crippen LogP contribution in [0.15, 0.2) is 22.7 Å². The van der Waals surface area contributed by atoms with Crippen LogP contribution in [-0.2, 0) is 13.1 Å². The molecule has 0 N–H and O–H groups in total. The Hall–Kier alpha value is -1.79. The van der Waals surface area contributed by atoms with E-state index < -0.39 is 0 Å². The van der Waals surface area contributed by atoms with Crippen molar-refractivity contribution < 1.29 is 8.91 Å². The summed E-state index contributed by atoms with van der Waals surface area (Å²) in [5.41, 5.74) is 1.91. The Morgan fingerprint density at radius 1 is 1.28 bits per heavy atom. The van der Waals surface area contributed by atoms with Gasteiger partial charge in [-0.05, 0) is 52.4 Å². The van der Waals surface area contributed by atoms with E-state index in [0.717, 1.165) is 49.3 Å². The van der Waals surface area contributed by atoms with E-state index in [-0.39, 0.29) is 5.82 Å². The summed E-state index contributed by atoms with van der Waals surface area (Å²) in [5.74, 6) is 1.24. The van der Waals surface area contributed by atoms with Crippen LogP contribution in [0.1, 0.15) is 42.1 Å². The molecule has 0 bridgehead atoms. The lowest BCUT2D eigenvalue weighted by Gasteiger charge is -2.26. The number of rotatable bonds is 5. The summed E-state index contributed by atoms with van der Waals surface area (Å²) in [5, 5.41) is 3.98. The third kappa shape index (κ3) is 4.86. The Bertz CT molecular complexity index is 702. The molecule has 6 heteroatoms. The summed E-state index contributed by atoms with van der Waals surface area (Å²) in [6.45, 7) is 7.20. The van der Waals surface area contributed by atoms with Gasteiger partial charge in [0.1, 0.15) is 5.82 Å². The Labute approximate surface area is 148 Å². The molecule has 2 heterocycles. The van der Waals surface area contributed by atoms with Crippen molar-refractivity contribution in [2.24, 2.45) is 0 Å². The van der Waals surface area contributed by atoms with Crippen LogP contribution in [0.5, 0.6) is 0 Å². The Morgan fingerprint density at radius 2 is 2.12 bits per heavy atom. The molecule has 1 fully saturated rings. The summed E-state index contributed by atoms with van der Waals surface area (Å²) in [4.78, 5) is 8.96. The van der Waals surface area contributed by atoms with Crippen molar-refractivity contribution in [3.63, 3.8) is 0 Å². The molecule has 1 aromatic heterocycles.